The minimum Gasteiger partial charge on any atom is -0.298 e. The molecular formula is C12H10BrNO2. The molecule has 0 bridgehead atoms. The van der Waals surface area contributed by atoms with Crippen molar-refractivity contribution in [3.63, 3.8) is 0 Å². The first-order chi connectivity index (χ1) is 7.61. The van der Waals surface area contributed by atoms with E-state index >= 15 is 0 Å². The van der Waals surface area contributed by atoms with E-state index < -0.39 is 0 Å². The van der Waals surface area contributed by atoms with Gasteiger partial charge in [-0.3, -0.25) is 9.59 Å². The Morgan fingerprint density at radius 2 is 2.31 bits per heavy atom. The number of benzene rings is 1. The maximum absolute atomic E-state index is 11.8. The number of ketones is 1. The molecule has 82 valence electrons. The first-order valence-electron chi connectivity index (χ1n) is 4.74. The Labute approximate surface area is 102 Å². The van der Waals surface area contributed by atoms with Crippen LogP contribution in [0.5, 0.6) is 0 Å². The average molecular weight is 280 g/mol. The van der Waals surface area contributed by atoms with Gasteiger partial charge in [-0.25, -0.2) is 0 Å². The van der Waals surface area contributed by atoms with E-state index in [9.17, 15) is 9.59 Å². The zero-order chi connectivity index (χ0) is 12.1. The van der Waals surface area contributed by atoms with Crippen molar-refractivity contribution in [2.24, 2.45) is 0 Å². The summed E-state index contributed by atoms with van der Waals surface area (Å²) in [6, 6.07) is 6.86. The zero-order valence-electron chi connectivity index (χ0n) is 8.74. The monoisotopic (exact) mass is 279 g/mol. The van der Waals surface area contributed by atoms with E-state index in [1.54, 1.807) is 25.1 Å². The second-order valence-corrected chi connectivity index (χ2v) is 4.68. The van der Waals surface area contributed by atoms with Crippen LogP contribution in [0.25, 0.3) is 0 Å². The van der Waals surface area contributed by atoms with Crippen molar-refractivity contribution in [2.75, 3.05) is 0 Å². The first-order valence-corrected chi connectivity index (χ1v) is 5.65. The van der Waals surface area contributed by atoms with Gasteiger partial charge in [-0.1, -0.05) is 34.1 Å². The number of carbonyl (C=O) groups excluding carboxylic acids is 2. The third-order valence-electron chi connectivity index (χ3n) is 2.22. The van der Waals surface area contributed by atoms with Crippen LogP contribution in [0.4, 0.5) is 0 Å². The largest absolute Gasteiger partial charge is 0.298 e. The summed E-state index contributed by atoms with van der Waals surface area (Å²) in [6.07, 6.45) is 0.734. The van der Waals surface area contributed by atoms with Crippen LogP contribution in [-0.4, -0.2) is 16.9 Å². The van der Waals surface area contributed by atoms with Crippen molar-refractivity contribution in [3.8, 4) is 6.07 Å². The van der Waals surface area contributed by atoms with Crippen molar-refractivity contribution in [1.29, 1.82) is 5.26 Å². The van der Waals surface area contributed by atoms with Gasteiger partial charge in [-0.2, -0.15) is 5.26 Å². The average Bonchev–Trinajstić information content (AvgIpc) is 2.28. The van der Waals surface area contributed by atoms with Gasteiger partial charge < -0.3 is 0 Å². The van der Waals surface area contributed by atoms with Gasteiger partial charge >= 0.3 is 0 Å². The number of rotatable bonds is 4. The van der Waals surface area contributed by atoms with Crippen LogP contribution in [0.2, 0.25) is 0 Å². The molecule has 4 heteroatoms. The molecule has 0 aromatic heterocycles. The van der Waals surface area contributed by atoms with Crippen molar-refractivity contribution in [2.45, 2.75) is 18.2 Å². The molecule has 0 saturated heterocycles. The molecule has 0 saturated carbocycles. The highest BCUT2D eigenvalue weighted by molar-refractivity contribution is 9.10. The fourth-order valence-electron chi connectivity index (χ4n) is 1.44. The Bertz CT molecular complexity index is 461. The van der Waals surface area contributed by atoms with E-state index in [-0.39, 0.29) is 17.0 Å². The van der Waals surface area contributed by atoms with E-state index in [1.807, 2.05) is 6.07 Å². The molecule has 0 fully saturated rings. The van der Waals surface area contributed by atoms with Crippen LogP contribution >= 0.6 is 15.9 Å². The van der Waals surface area contributed by atoms with Gasteiger partial charge in [-0.15, -0.1) is 0 Å². The highest BCUT2D eigenvalue weighted by atomic mass is 79.9. The molecule has 0 spiro atoms. The highest BCUT2D eigenvalue weighted by Crippen LogP contribution is 2.18. The summed E-state index contributed by atoms with van der Waals surface area (Å²) in [4.78, 5) is 22.3. The lowest BCUT2D eigenvalue weighted by Gasteiger charge is -2.09. The smallest absolute Gasteiger partial charge is 0.176 e. The van der Waals surface area contributed by atoms with Crippen molar-refractivity contribution in [3.05, 3.63) is 34.9 Å². The van der Waals surface area contributed by atoms with Gasteiger partial charge in [0.2, 0.25) is 0 Å². The van der Waals surface area contributed by atoms with E-state index in [0.717, 1.165) is 0 Å². The predicted octanol–water partition coefficient (Wildman–Crippen LogP) is 2.53. The Morgan fingerprint density at radius 3 is 2.81 bits per heavy atom. The van der Waals surface area contributed by atoms with Crippen LogP contribution in [-0.2, 0) is 6.42 Å². The Morgan fingerprint density at radius 1 is 1.62 bits per heavy atom. The predicted molar refractivity (Wildman–Crippen MR) is 63.9 cm³/mol. The van der Waals surface area contributed by atoms with Gasteiger partial charge in [0.25, 0.3) is 0 Å². The fraction of sp³-hybridized carbons (Fsp3) is 0.250. The number of alkyl halides is 1. The first kappa shape index (κ1) is 12.6. The van der Waals surface area contributed by atoms with Crippen molar-refractivity contribution >= 4 is 28.0 Å². The van der Waals surface area contributed by atoms with Gasteiger partial charge in [0.1, 0.15) is 6.29 Å². The summed E-state index contributed by atoms with van der Waals surface area (Å²) >= 11 is 3.19. The number of nitrogens with zero attached hydrogens (tertiary/aromatic N) is 1. The SMILES string of the molecule is CC(Br)C(=O)c1cccc(C=O)c1CC#N. The molecule has 16 heavy (non-hydrogen) atoms. The molecule has 1 atom stereocenters. The van der Waals surface area contributed by atoms with Gasteiger partial charge in [-0.05, 0) is 12.5 Å². The molecule has 0 aliphatic carbocycles. The van der Waals surface area contributed by atoms with Crippen LogP contribution in [0.15, 0.2) is 18.2 Å². The van der Waals surface area contributed by atoms with Crippen LogP contribution < -0.4 is 0 Å². The molecule has 1 unspecified atom stereocenters. The van der Waals surface area contributed by atoms with E-state index in [4.69, 9.17) is 5.26 Å². The summed E-state index contributed by atoms with van der Waals surface area (Å²) in [5, 5.41) is 8.70. The number of halogens is 1. The molecule has 0 aliphatic rings. The summed E-state index contributed by atoms with van der Waals surface area (Å²) < 4.78 is 0. The summed E-state index contributed by atoms with van der Waals surface area (Å²) in [6.45, 7) is 1.71. The van der Waals surface area contributed by atoms with E-state index in [0.29, 0.717) is 23.0 Å². The third-order valence-corrected chi connectivity index (χ3v) is 2.64. The standard InChI is InChI=1S/C12H10BrNO2/c1-8(13)12(16)11-4-2-3-9(7-15)10(11)5-6-14/h2-4,7-8H,5H2,1H3. The van der Waals surface area contributed by atoms with Crippen molar-refractivity contribution in [1.82, 2.24) is 0 Å². The third kappa shape index (κ3) is 2.56. The number of hydrogen-bond donors (Lipinski definition) is 0. The Kier molecular flexibility index (Phi) is 4.39. The van der Waals surface area contributed by atoms with E-state index in [1.165, 1.54) is 0 Å². The molecule has 0 N–H and O–H groups in total. The van der Waals surface area contributed by atoms with Gasteiger partial charge in [0.05, 0.1) is 17.3 Å². The molecule has 1 rings (SSSR count). The summed E-state index contributed by atoms with van der Waals surface area (Å²) in [7, 11) is 0. The number of carbonyl (C=O) groups is 2. The molecule has 0 heterocycles. The summed E-state index contributed by atoms with van der Waals surface area (Å²) in [5.41, 5.74) is 1.35. The highest BCUT2D eigenvalue weighted by Gasteiger charge is 2.17. The molecule has 0 radical (unpaired) electrons. The minimum atomic E-state index is -0.327. The molecular weight excluding hydrogens is 270 g/mol. The molecule has 3 nitrogen and oxygen atoms in total. The van der Waals surface area contributed by atoms with Gasteiger partial charge in [0, 0.05) is 11.1 Å². The van der Waals surface area contributed by atoms with Crippen LogP contribution in [0, 0.1) is 11.3 Å². The number of Topliss-reactive ketones (excluding diaryl/α,β-unsaturated/α-hetero) is 1. The number of nitriles is 1. The topological polar surface area (TPSA) is 57.9 Å². The number of hydrogen-bond acceptors (Lipinski definition) is 3. The molecule has 0 amide bonds. The van der Waals surface area contributed by atoms with Crippen LogP contribution in [0.1, 0.15) is 33.2 Å². The lowest BCUT2D eigenvalue weighted by molar-refractivity contribution is 0.0995. The van der Waals surface area contributed by atoms with E-state index in [2.05, 4.69) is 15.9 Å². The molecule has 1 aromatic rings. The lowest BCUT2D eigenvalue weighted by atomic mass is 9.95. The summed E-state index contributed by atoms with van der Waals surface area (Å²) in [5.74, 6) is -0.117. The lowest BCUT2D eigenvalue weighted by Crippen LogP contribution is -2.13. The quantitative estimate of drug-likeness (QED) is 0.483. The normalized spacial score (nSPS) is 11.6. The number of aldehydes is 1. The maximum atomic E-state index is 11.8. The minimum absolute atomic E-state index is 0.0652. The molecule has 1 aromatic carbocycles. The van der Waals surface area contributed by atoms with Crippen LogP contribution in [0.3, 0.4) is 0 Å². The Balaban J connectivity index is 3.33. The Hall–Kier alpha value is -1.47. The zero-order valence-corrected chi connectivity index (χ0v) is 10.3. The van der Waals surface area contributed by atoms with Crippen molar-refractivity contribution < 1.29 is 9.59 Å². The molecule has 0 aliphatic heterocycles. The second-order valence-electron chi connectivity index (χ2n) is 3.31. The second kappa shape index (κ2) is 5.57. The van der Waals surface area contributed by atoms with Gasteiger partial charge in [0.15, 0.2) is 5.78 Å². The maximum Gasteiger partial charge on any atom is 0.176 e. The fourth-order valence-corrected chi connectivity index (χ4v) is 1.68.